The van der Waals surface area contributed by atoms with Crippen molar-refractivity contribution in [2.75, 3.05) is 0 Å². The van der Waals surface area contributed by atoms with Crippen LogP contribution in [0.3, 0.4) is 0 Å². The van der Waals surface area contributed by atoms with E-state index in [-0.39, 0.29) is 5.82 Å². The van der Waals surface area contributed by atoms with Crippen LogP contribution in [0, 0.1) is 19.7 Å². The zero-order chi connectivity index (χ0) is 15.1. The molecule has 3 rings (SSSR count). The Labute approximate surface area is 135 Å². The van der Waals surface area contributed by atoms with Crippen molar-refractivity contribution in [2.45, 2.75) is 23.6 Å². The molecule has 1 aromatic carbocycles. The van der Waals surface area contributed by atoms with Crippen molar-refractivity contribution < 1.29 is 4.39 Å². The summed E-state index contributed by atoms with van der Waals surface area (Å²) in [6, 6.07) is 5.16. The van der Waals surface area contributed by atoms with Crippen LogP contribution in [0.2, 0.25) is 0 Å². The predicted octanol–water partition coefficient (Wildman–Crippen LogP) is 5.24. The van der Waals surface area contributed by atoms with Crippen LogP contribution in [-0.2, 0) is 7.05 Å². The number of hydrogen-bond acceptors (Lipinski definition) is 2. The molecule has 0 amide bonds. The van der Waals surface area contributed by atoms with E-state index in [0.29, 0.717) is 0 Å². The second-order valence-corrected chi connectivity index (χ2v) is 6.99. The Kier molecular flexibility index (Phi) is 3.80. The van der Waals surface area contributed by atoms with Crippen molar-refractivity contribution in [1.29, 1.82) is 0 Å². The molecule has 0 spiro atoms. The van der Waals surface area contributed by atoms with Gasteiger partial charge in [0.1, 0.15) is 10.4 Å². The minimum absolute atomic E-state index is 0.195. The van der Waals surface area contributed by atoms with Crippen molar-refractivity contribution in [3.8, 4) is 0 Å². The average Bonchev–Trinajstić information content (AvgIpc) is 2.70. The van der Waals surface area contributed by atoms with E-state index in [9.17, 15) is 4.39 Å². The first-order valence-electron chi connectivity index (χ1n) is 6.51. The first-order chi connectivity index (χ1) is 9.95. The van der Waals surface area contributed by atoms with Gasteiger partial charge in [0.15, 0.2) is 0 Å². The summed E-state index contributed by atoms with van der Waals surface area (Å²) in [6.07, 6.45) is 3.91. The summed E-state index contributed by atoms with van der Waals surface area (Å²) in [5, 5.41) is 1.10. The van der Waals surface area contributed by atoms with Crippen molar-refractivity contribution in [3.05, 3.63) is 52.1 Å². The molecule has 0 bridgehead atoms. The standard InChI is InChI=1S/C16H14BrFN2S/c1-9-5-15(17)19-7-13(9)21-14-8-20(3)12-6-11(18)4-10(2)16(12)14/h4-8H,1-3H3. The van der Waals surface area contributed by atoms with Gasteiger partial charge in [-0.25, -0.2) is 9.37 Å². The third-order valence-electron chi connectivity index (χ3n) is 3.47. The van der Waals surface area contributed by atoms with Crippen molar-refractivity contribution in [3.63, 3.8) is 0 Å². The maximum absolute atomic E-state index is 13.6. The molecular formula is C16H14BrFN2S. The summed E-state index contributed by atoms with van der Waals surface area (Å²) in [5.74, 6) is -0.195. The maximum Gasteiger partial charge on any atom is 0.125 e. The molecule has 0 unspecified atom stereocenters. The zero-order valence-corrected chi connectivity index (χ0v) is 14.3. The van der Waals surface area contributed by atoms with E-state index in [4.69, 9.17) is 0 Å². The normalized spacial score (nSPS) is 11.3. The van der Waals surface area contributed by atoms with Crippen molar-refractivity contribution >= 4 is 38.6 Å². The molecule has 3 aromatic rings. The van der Waals surface area contributed by atoms with Gasteiger partial charge in [-0.05, 0) is 59.1 Å². The number of nitrogens with zero attached hydrogens (tertiary/aromatic N) is 2. The van der Waals surface area contributed by atoms with Gasteiger partial charge >= 0.3 is 0 Å². The molecule has 0 atom stereocenters. The van der Waals surface area contributed by atoms with Gasteiger partial charge in [0.25, 0.3) is 0 Å². The van der Waals surface area contributed by atoms with E-state index in [2.05, 4.69) is 27.8 Å². The number of hydrogen-bond donors (Lipinski definition) is 0. The molecule has 21 heavy (non-hydrogen) atoms. The summed E-state index contributed by atoms with van der Waals surface area (Å²) in [6.45, 7) is 4.01. The fraction of sp³-hybridized carbons (Fsp3) is 0.188. The highest BCUT2D eigenvalue weighted by Gasteiger charge is 2.13. The molecule has 0 N–H and O–H groups in total. The number of aromatic nitrogens is 2. The topological polar surface area (TPSA) is 17.8 Å². The summed E-state index contributed by atoms with van der Waals surface area (Å²) in [4.78, 5) is 6.52. The first kappa shape index (κ1) is 14.6. The quantitative estimate of drug-likeness (QED) is 0.578. The number of rotatable bonds is 2. The fourth-order valence-corrected chi connectivity index (χ4v) is 4.03. The summed E-state index contributed by atoms with van der Waals surface area (Å²) < 4.78 is 16.4. The number of aryl methyl sites for hydroxylation is 3. The molecule has 0 saturated heterocycles. The maximum atomic E-state index is 13.6. The van der Waals surface area contributed by atoms with E-state index in [1.54, 1.807) is 23.9 Å². The fourth-order valence-electron chi connectivity index (χ4n) is 2.45. The smallest absolute Gasteiger partial charge is 0.125 e. The molecule has 0 aliphatic carbocycles. The van der Waals surface area contributed by atoms with Crippen LogP contribution in [0.15, 0.2) is 45.0 Å². The molecule has 2 aromatic heterocycles. The Balaban J connectivity index is 2.13. The predicted molar refractivity (Wildman–Crippen MR) is 88.4 cm³/mol. The van der Waals surface area contributed by atoms with Crippen LogP contribution >= 0.6 is 27.7 Å². The monoisotopic (exact) mass is 364 g/mol. The Hall–Kier alpha value is -1.33. The van der Waals surface area contributed by atoms with Gasteiger partial charge in [0.05, 0.1) is 5.52 Å². The van der Waals surface area contributed by atoms with Crippen LogP contribution < -0.4 is 0 Å². The zero-order valence-electron chi connectivity index (χ0n) is 11.9. The second-order valence-electron chi connectivity index (χ2n) is 5.10. The number of fused-ring (bicyclic) bond motifs is 1. The Bertz CT molecular complexity index is 842. The first-order valence-corrected chi connectivity index (χ1v) is 8.12. The van der Waals surface area contributed by atoms with E-state index in [1.165, 1.54) is 5.56 Å². The van der Waals surface area contributed by atoms with Gasteiger partial charge in [0, 0.05) is 34.6 Å². The van der Waals surface area contributed by atoms with Gasteiger partial charge in [-0.15, -0.1) is 0 Å². The SMILES string of the molecule is Cc1cc(Br)ncc1Sc1cn(C)c2cc(F)cc(C)c12. The third-order valence-corrected chi connectivity index (χ3v) is 5.08. The Morgan fingerprint density at radius 1 is 1.14 bits per heavy atom. The van der Waals surface area contributed by atoms with Crippen LogP contribution in [0.1, 0.15) is 11.1 Å². The molecule has 5 heteroatoms. The average molecular weight is 365 g/mol. The van der Waals surface area contributed by atoms with Crippen LogP contribution in [0.5, 0.6) is 0 Å². The third kappa shape index (κ3) is 2.72. The molecular weight excluding hydrogens is 351 g/mol. The van der Waals surface area contributed by atoms with Crippen LogP contribution in [0.25, 0.3) is 10.9 Å². The van der Waals surface area contributed by atoms with E-state index in [1.807, 2.05) is 37.0 Å². The molecule has 0 aliphatic rings. The summed E-state index contributed by atoms with van der Waals surface area (Å²) in [5.41, 5.74) is 3.03. The van der Waals surface area contributed by atoms with E-state index < -0.39 is 0 Å². The molecule has 108 valence electrons. The summed E-state index contributed by atoms with van der Waals surface area (Å²) in [7, 11) is 1.94. The highest BCUT2D eigenvalue weighted by molar-refractivity contribution is 9.10. The highest BCUT2D eigenvalue weighted by atomic mass is 79.9. The van der Waals surface area contributed by atoms with Gasteiger partial charge in [0.2, 0.25) is 0 Å². The van der Waals surface area contributed by atoms with Gasteiger partial charge in [-0.1, -0.05) is 11.8 Å². The van der Waals surface area contributed by atoms with E-state index >= 15 is 0 Å². The molecule has 0 saturated carbocycles. The lowest BCUT2D eigenvalue weighted by Gasteiger charge is -2.06. The summed E-state index contributed by atoms with van der Waals surface area (Å²) >= 11 is 5.05. The number of benzene rings is 1. The lowest BCUT2D eigenvalue weighted by atomic mass is 10.1. The largest absolute Gasteiger partial charge is 0.349 e. The number of halogens is 2. The van der Waals surface area contributed by atoms with Crippen molar-refractivity contribution in [1.82, 2.24) is 9.55 Å². The van der Waals surface area contributed by atoms with Crippen LogP contribution in [0.4, 0.5) is 4.39 Å². The number of pyridine rings is 1. The molecule has 2 heterocycles. The molecule has 0 fully saturated rings. The van der Waals surface area contributed by atoms with Crippen LogP contribution in [-0.4, -0.2) is 9.55 Å². The van der Waals surface area contributed by atoms with Crippen molar-refractivity contribution in [2.24, 2.45) is 7.05 Å². The minimum Gasteiger partial charge on any atom is -0.349 e. The van der Waals surface area contributed by atoms with E-state index in [0.717, 1.165) is 30.9 Å². The Morgan fingerprint density at radius 2 is 1.90 bits per heavy atom. The second kappa shape index (κ2) is 5.46. The Morgan fingerprint density at radius 3 is 2.62 bits per heavy atom. The van der Waals surface area contributed by atoms with Gasteiger partial charge in [-0.2, -0.15) is 0 Å². The van der Waals surface area contributed by atoms with Gasteiger partial charge in [-0.3, -0.25) is 0 Å². The van der Waals surface area contributed by atoms with Gasteiger partial charge < -0.3 is 4.57 Å². The lowest BCUT2D eigenvalue weighted by Crippen LogP contribution is -1.86. The molecule has 0 radical (unpaired) electrons. The minimum atomic E-state index is -0.195. The molecule has 2 nitrogen and oxygen atoms in total. The lowest BCUT2D eigenvalue weighted by molar-refractivity contribution is 0.628. The highest BCUT2D eigenvalue weighted by Crippen LogP contribution is 2.38. The molecule has 0 aliphatic heterocycles.